The highest BCUT2D eigenvalue weighted by Crippen LogP contribution is 2.20. The first-order chi connectivity index (χ1) is 11.5. The summed E-state index contributed by atoms with van der Waals surface area (Å²) < 4.78 is 14.6. The summed E-state index contributed by atoms with van der Waals surface area (Å²) in [5, 5.41) is 6.93. The molecule has 1 heterocycles. The Kier molecular flexibility index (Phi) is 4.76. The van der Waals surface area contributed by atoms with E-state index in [1.54, 1.807) is 25.2 Å². The van der Waals surface area contributed by atoms with Crippen molar-refractivity contribution in [3.63, 3.8) is 0 Å². The standard InChI is InChI=1S/C18H15BrFN3O/c1-23(11-13-9-14(19)7-8-15(13)20)18(24)17-10-16(21-22-17)12-5-3-2-4-6-12/h2-10H,11H2,1H3,(H,21,22). The third-order valence-electron chi connectivity index (χ3n) is 3.64. The molecule has 0 aliphatic heterocycles. The maximum Gasteiger partial charge on any atom is 0.271 e. The normalized spacial score (nSPS) is 10.6. The van der Waals surface area contributed by atoms with Gasteiger partial charge in [-0.15, -0.1) is 0 Å². The second-order valence-electron chi connectivity index (χ2n) is 5.43. The number of hydrogen-bond acceptors (Lipinski definition) is 2. The minimum absolute atomic E-state index is 0.170. The maximum absolute atomic E-state index is 13.8. The third kappa shape index (κ3) is 3.54. The minimum atomic E-state index is -0.340. The Morgan fingerprint density at radius 3 is 2.71 bits per heavy atom. The van der Waals surface area contributed by atoms with E-state index >= 15 is 0 Å². The fraction of sp³-hybridized carbons (Fsp3) is 0.111. The molecule has 1 aromatic heterocycles. The largest absolute Gasteiger partial charge is 0.336 e. The molecule has 4 nitrogen and oxygen atoms in total. The number of halogens is 2. The summed E-state index contributed by atoms with van der Waals surface area (Å²) in [5.74, 6) is -0.587. The van der Waals surface area contributed by atoms with E-state index < -0.39 is 0 Å². The van der Waals surface area contributed by atoms with Crippen molar-refractivity contribution in [2.45, 2.75) is 6.54 Å². The van der Waals surface area contributed by atoms with E-state index in [0.29, 0.717) is 17.0 Å². The summed E-state index contributed by atoms with van der Waals surface area (Å²) in [6.07, 6.45) is 0. The van der Waals surface area contributed by atoms with Crippen LogP contribution >= 0.6 is 15.9 Å². The number of amides is 1. The van der Waals surface area contributed by atoms with Gasteiger partial charge in [-0.1, -0.05) is 46.3 Å². The summed E-state index contributed by atoms with van der Waals surface area (Å²) in [6.45, 7) is 0.170. The van der Waals surface area contributed by atoms with Crippen molar-refractivity contribution >= 4 is 21.8 Å². The van der Waals surface area contributed by atoms with Crippen molar-refractivity contribution in [1.29, 1.82) is 0 Å². The number of rotatable bonds is 4. The number of benzene rings is 2. The van der Waals surface area contributed by atoms with E-state index in [0.717, 1.165) is 10.0 Å². The highest BCUT2D eigenvalue weighted by molar-refractivity contribution is 9.10. The molecule has 0 radical (unpaired) electrons. The smallest absolute Gasteiger partial charge is 0.271 e. The van der Waals surface area contributed by atoms with Gasteiger partial charge in [0.1, 0.15) is 11.5 Å². The van der Waals surface area contributed by atoms with E-state index in [-0.39, 0.29) is 18.3 Å². The van der Waals surface area contributed by atoms with E-state index in [1.807, 2.05) is 30.3 Å². The van der Waals surface area contributed by atoms with E-state index in [9.17, 15) is 9.18 Å². The second-order valence-corrected chi connectivity index (χ2v) is 6.35. The summed E-state index contributed by atoms with van der Waals surface area (Å²) in [7, 11) is 1.63. The van der Waals surface area contributed by atoms with Gasteiger partial charge in [-0.2, -0.15) is 5.10 Å². The van der Waals surface area contributed by atoms with Crippen LogP contribution in [0.3, 0.4) is 0 Å². The molecule has 122 valence electrons. The first kappa shape index (κ1) is 16.4. The Balaban J connectivity index is 1.77. The number of carbonyl (C=O) groups is 1. The number of nitrogens with one attached hydrogen (secondary N) is 1. The molecule has 0 unspecified atom stereocenters. The van der Waals surface area contributed by atoms with Crippen LogP contribution in [0.15, 0.2) is 59.1 Å². The van der Waals surface area contributed by atoms with Crippen molar-refractivity contribution in [1.82, 2.24) is 15.1 Å². The first-order valence-electron chi connectivity index (χ1n) is 7.35. The van der Waals surface area contributed by atoms with Crippen LogP contribution < -0.4 is 0 Å². The van der Waals surface area contributed by atoms with Crippen LogP contribution in [-0.2, 0) is 6.54 Å². The van der Waals surface area contributed by atoms with Crippen LogP contribution in [0.5, 0.6) is 0 Å². The first-order valence-corrected chi connectivity index (χ1v) is 8.14. The zero-order valence-electron chi connectivity index (χ0n) is 13.0. The molecule has 24 heavy (non-hydrogen) atoms. The number of carbonyl (C=O) groups excluding carboxylic acids is 1. The topological polar surface area (TPSA) is 49.0 Å². The molecule has 0 saturated carbocycles. The number of H-pyrrole nitrogens is 1. The lowest BCUT2D eigenvalue weighted by atomic mass is 10.1. The molecule has 0 saturated heterocycles. The number of aromatic nitrogens is 2. The van der Waals surface area contributed by atoms with Crippen LogP contribution in [0.25, 0.3) is 11.3 Å². The fourth-order valence-electron chi connectivity index (χ4n) is 2.39. The molecule has 1 amide bonds. The average Bonchev–Trinajstić information content (AvgIpc) is 3.08. The van der Waals surface area contributed by atoms with Crippen molar-refractivity contribution in [3.8, 4) is 11.3 Å². The Morgan fingerprint density at radius 2 is 1.96 bits per heavy atom. The van der Waals surface area contributed by atoms with Gasteiger partial charge in [0.15, 0.2) is 0 Å². The van der Waals surface area contributed by atoms with Gasteiger partial charge < -0.3 is 4.90 Å². The summed E-state index contributed by atoms with van der Waals surface area (Å²) in [6, 6.07) is 16.0. The molecular formula is C18H15BrFN3O. The zero-order valence-corrected chi connectivity index (χ0v) is 14.5. The maximum atomic E-state index is 13.8. The molecule has 0 atom stereocenters. The number of aromatic amines is 1. The summed E-state index contributed by atoms with van der Waals surface area (Å²) >= 11 is 3.31. The van der Waals surface area contributed by atoms with E-state index in [4.69, 9.17) is 0 Å². The molecule has 6 heteroatoms. The van der Waals surface area contributed by atoms with Crippen LogP contribution in [-0.4, -0.2) is 28.1 Å². The average molecular weight is 388 g/mol. The highest BCUT2D eigenvalue weighted by Gasteiger charge is 2.17. The molecule has 1 N–H and O–H groups in total. The van der Waals surface area contributed by atoms with Crippen molar-refractivity contribution in [3.05, 3.63) is 76.1 Å². The van der Waals surface area contributed by atoms with Gasteiger partial charge in [0.2, 0.25) is 0 Å². The molecule has 3 rings (SSSR count). The minimum Gasteiger partial charge on any atom is -0.336 e. The predicted octanol–water partition coefficient (Wildman–Crippen LogP) is 4.25. The predicted molar refractivity (Wildman–Crippen MR) is 93.9 cm³/mol. The Labute approximate surface area is 147 Å². The SMILES string of the molecule is CN(Cc1cc(Br)ccc1F)C(=O)c1cc(-c2ccccc2)n[nH]1. The van der Waals surface area contributed by atoms with Crippen molar-refractivity contribution in [2.24, 2.45) is 0 Å². The number of hydrogen-bond donors (Lipinski definition) is 1. The van der Waals surface area contributed by atoms with Gasteiger partial charge in [-0.05, 0) is 24.3 Å². The van der Waals surface area contributed by atoms with Crippen molar-refractivity contribution in [2.75, 3.05) is 7.05 Å². The summed E-state index contributed by atoms with van der Waals surface area (Å²) in [4.78, 5) is 14.0. The molecule has 0 fully saturated rings. The molecule has 0 aliphatic carbocycles. The van der Waals surface area contributed by atoms with Gasteiger partial charge in [0.25, 0.3) is 5.91 Å². The Hall–Kier alpha value is -2.47. The monoisotopic (exact) mass is 387 g/mol. The quantitative estimate of drug-likeness (QED) is 0.727. The van der Waals surface area contributed by atoms with Crippen LogP contribution in [0.2, 0.25) is 0 Å². The Morgan fingerprint density at radius 1 is 1.21 bits per heavy atom. The molecule has 0 bridgehead atoms. The summed E-state index contributed by atoms with van der Waals surface area (Å²) in [5.41, 5.74) is 2.43. The third-order valence-corrected chi connectivity index (χ3v) is 4.13. The molecule has 2 aromatic carbocycles. The zero-order chi connectivity index (χ0) is 17.1. The molecule has 0 aliphatic rings. The van der Waals surface area contributed by atoms with Gasteiger partial charge in [-0.25, -0.2) is 4.39 Å². The Bertz CT molecular complexity index is 864. The van der Waals surface area contributed by atoms with Crippen LogP contribution in [0.1, 0.15) is 16.1 Å². The highest BCUT2D eigenvalue weighted by atomic mass is 79.9. The van der Waals surface area contributed by atoms with Gasteiger partial charge in [-0.3, -0.25) is 9.89 Å². The van der Waals surface area contributed by atoms with Crippen LogP contribution in [0, 0.1) is 5.82 Å². The van der Waals surface area contributed by atoms with Crippen LogP contribution in [0.4, 0.5) is 4.39 Å². The second kappa shape index (κ2) is 6.97. The number of nitrogens with zero attached hydrogens (tertiary/aromatic N) is 2. The lowest BCUT2D eigenvalue weighted by molar-refractivity contribution is 0.0778. The van der Waals surface area contributed by atoms with Gasteiger partial charge in [0, 0.05) is 29.2 Å². The molecule has 3 aromatic rings. The lowest BCUT2D eigenvalue weighted by Gasteiger charge is -2.16. The molecular weight excluding hydrogens is 373 g/mol. The molecule has 0 spiro atoms. The van der Waals surface area contributed by atoms with E-state index in [1.165, 1.54) is 11.0 Å². The fourth-order valence-corrected chi connectivity index (χ4v) is 2.79. The van der Waals surface area contributed by atoms with Crippen molar-refractivity contribution < 1.29 is 9.18 Å². The lowest BCUT2D eigenvalue weighted by Crippen LogP contribution is -2.27. The van der Waals surface area contributed by atoms with E-state index in [2.05, 4.69) is 26.1 Å². The van der Waals surface area contributed by atoms with Gasteiger partial charge >= 0.3 is 0 Å². The van der Waals surface area contributed by atoms with Gasteiger partial charge in [0.05, 0.1) is 5.69 Å².